The van der Waals surface area contributed by atoms with Crippen LogP contribution in [0.15, 0.2) is 0 Å². The smallest absolute Gasteiger partial charge is 0.0243 e. The van der Waals surface area contributed by atoms with Crippen LogP contribution in [0.25, 0.3) is 0 Å². The van der Waals surface area contributed by atoms with Gasteiger partial charge in [0.1, 0.15) is 0 Å². The van der Waals surface area contributed by atoms with Crippen LogP contribution in [0.4, 0.5) is 0 Å². The average Bonchev–Trinajstić information content (AvgIpc) is 2.38. The Kier molecular flexibility index (Phi) is 4.14. The fraction of sp³-hybridized carbons (Fsp3) is 1.00. The van der Waals surface area contributed by atoms with Crippen molar-refractivity contribution in [3.8, 4) is 0 Å². The molecule has 1 aliphatic heterocycles. The maximum Gasteiger partial charge on any atom is 0.0243 e. The predicted octanol–water partition coefficient (Wildman–Crippen LogP) is 4.11. The molecule has 1 heterocycles. The zero-order valence-electron chi connectivity index (χ0n) is 7.56. The Morgan fingerprint density at radius 1 is 1.36 bits per heavy atom. The van der Waals surface area contributed by atoms with Crippen LogP contribution in [0.3, 0.4) is 0 Å². The Hall–Kier alpha value is 0.700. The van der Waals surface area contributed by atoms with E-state index in [-0.39, 0.29) is 0 Å². The fourth-order valence-electron chi connectivity index (χ4n) is 1.40. The van der Waals surface area contributed by atoms with Crippen molar-refractivity contribution in [3.05, 3.63) is 0 Å². The van der Waals surface area contributed by atoms with Gasteiger partial charge in [-0.25, -0.2) is 0 Å². The quantitative estimate of drug-likeness (QED) is 0.483. The van der Waals surface area contributed by atoms with E-state index in [0.29, 0.717) is 4.75 Å². The third kappa shape index (κ3) is 3.29. The van der Waals surface area contributed by atoms with E-state index in [4.69, 9.17) is 0 Å². The topological polar surface area (TPSA) is 0 Å². The average molecular weight is 190 g/mol. The fourth-order valence-corrected chi connectivity index (χ4v) is 4.70. The minimum atomic E-state index is 0.625. The number of hydrogen-bond donors (Lipinski definition) is 0. The first-order valence-corrected chi connectivity index (χ1v) is 6.89. The normalized spacial score (nSPS) is 31.1. The van der Waals surface area contributed by atoms with E-state index in [1.54, 1.807) is 0 Å². The van der Waals surface area contributed by atoms with Crippen molar-refractivity contribution in [3.63, 3.8) is 0 Å². The molecule has 11 heavy (non-hydrogen) atoms. The van der Waals surface area contributed by atoms with E-state index < -0.39 is 0 Å². The van der Waals surface area contributed by atoms with Gasteiger partial charge in [-0.3, -0.25) is 0 Å². The molecule has 0 nitrogen and oxygen atoms in total. The largest absolute Gasteiger partial charge is 0.0935 e. The van der Waals surface area contributed by atoms with Crippen molar-refractivity contribution < 1.29 is 0 Å². The summed E-state index contributed by atoms with van der Waals surface area (Å²) in [5.41, 5.74) is 0. The van der Waals surface area contributed by atoms with E-state index >= 15 is 0 Å². The molecule has 0 aromatic carbocycles. The molecule has 1 atom stereocenters. The molecule has 0 bridgehead atoms. The number of rotatable bonds is 4. The summed E-state index contributed by atoms with van der Waals surface area (Å²) in [5, 5.41) is 0. The van der Waals surface area contributed by atoms with Gasteiger partial charge in [-0.15, -0.1) is 0 Å². The lowest BCUT2D eigenvalue weighted by Gasteiger charge is -2.20. The van der Waals surface area contributed by atoms with Gasteiger partial charge in [0.15, 0.2) is 0 Å². The molecule has 1 aliphatic rings. The van der Waals surface area contributed by atoms with E-state index in [1.165, 1.54) is 37.9 Å². The highest BCUT2D eigenvalue weighted by atomic mass is 33.1. The predicted molar refractivity (Wildman–Crippen MR) is 57.2 cm³/mol. The van der Waals surface area contributed by atoms with Crippen molar-refractivity contribution in [2.75, 3.05) is 5.75 Å². The molecule has 66 valence electrons. The van der Waals surface area contributed by atoms with Gasteiger partial charge < -0.3 is 0 Å². The highest BCUT2D eigenvalue weighted by Crippen LogP contribution is 2.49. The van der Waals surface area contributed by atoms with Gasteiger partial charge in [-0.05, 0) is 19.8 Å². The van der Waals surface area contributed by atoms with Crippen LogP contribution in [0.5, 0.6) is 0 Å². The maximum absolute atomic E-state index is 2.42. The van der Waals surface area contributed by atoms with E-state index in [1.807, 2.05) is 0 Å². The minimum absolute atomic E-state index is 0.625. The van der Waals surface area contributed by atoms with Crippen molar-refractivity contribution >= 4 is 21.6 Å². The molecule has 0 saturated carbocycles. The Labute approximate surface area is 78.3 Å². The highest BCUT2D eigenvalue weighted by molar-refractivity contribution is 8.77. The molecule has 0 spiro atoms. The first kappa shape index (κ1) is 9.79. The van der Waals surface area contributed by atoms with Crippen molar-refractivity contribution in [1.82, 2.24) is 0 Å². The van der Waals surface area contributed by atoms with Crippen molar-refractivity contribution in [1.29, 1.82) is 0 Å². The van der Waals surface area contributed by atoms with Crippen molar-refractivity contribution in [2.45, 2.75) is 50.7 Å². The van der Waals surface area contributed by atoms with Crippen LogP contribution in [0.2, 0.25) is 0 Å². The van der Waals surface area contributed by atoms with Crippen LogP contribution in [0, 0.1) is 0 Å². The van der Waals surface area contributed by atoms with Gasteiger partial charge in [0.2, 0.25) is 0 Å². The van der Waals surface area contributed by atoms with Gasteiger partial charge in [-0.2, -0.15) is 0 Å². The monoisotopic (exact) mass is 190 g/mol. The molecule has 2 heteroatoms. The molecule has 0 radical (unpaired) electrons. The third-order valence-electron chi connectivity index (χ3n) is 2.28. The molecule has 0 amide bonds. The summed E-state index contributed by atoms with van der Waals surface area (Å²) in [6.07, 6.45) is 7.06. The molecular formula is C9H18S2. The second kappa shape index (κ2) is 4.66. The second-order valence-corrected chi connectivity index (χ2v) is 6.57. The SMILES string of the molecule is CCCCC[C@]1(C)CCSS1. The summed E-state index contributed by atoms with van der Waals surface area (Å²) >= 11 is 0. The molecule has 0 N–H and O–H groups in total. The third-order valence-corrected chi connectivity index (χ3v) is 5.64. The van der Waals surface area contributed by atoms with Gasteiger partial charge in [0.05, 0.1) is 0 Å². The Morgan fingerprint density at radius 2 is 2.18 bits per heavy atom. The molecule has 1 fully saturated rings. The Bertz CT molecular complexity index is 106. The molecule has 1 rings (SSSR count). The zero-order chi connectivity index (χ0) is 8.16. The van der Waals surface area contributed by atoms with Gasteiger partial charge in [0.25, 0.3) is 0 Å². The van der Waals surface area contributed by atoms with Crippen LogP contribution < -0.4 is 0 Å². The Morgan fingerprint density at radius 3 is 2.73 bits per heavy atom. The second-order valence-electron chi connectivity index (χ2n) is 3.56. The summed E-state index contributed by atoms with van der Waals surface area (Å²) in [5.74, 6) is 1.37. The minimum Gasteiger partial charge on any atom is -0.0935 e. The van der Waals surface area contributed by atoms with Gasteiger partial charge >= 0.3 is 0 Å². The first-order chi connectivity index (χ1) is 5.27. The van der Waals surface area contributed by atoms with Gasteiger partial charge in [0, 0.05) is 10.5 Å². The summed E-state index contributed by atoms with van der Waals surface area (Å²) in [7, 11) is 4.17. The molecule has 0 unspecified atom stereocenters. The molecule has 0 aromatic rings. The lowest BCUT2D eigenvalue weighted by Crippen LogP contribution is -2.15. The molecule has 1 saturated heterocycles. The number of unbranched alkanes of at least 4 members (excludes halogenated alkanes) is 2. The van der Waals surface area contributed by atoms with Crippen molar-refractivity contribution in [2.24, 2.45) is 0 Å². The summed E-state index contributed by atoms with van der Waals surface area (Å²) in [4.78, 5) is 0. The van der Waals surface area contributed by atoms with E-state index in [0.717, 1.165) is 0 Å². The zero-order valence-corrected chi connectivity index (χ0v) is 9.19. The lowest BCUT2D eigenvalue weighted by atomic mass is 10.00. The van der Waals surface area contributed by atoms with Crippen LogP contribution in [-0.2, 0) is 0 Å². The van der Waals surface area contributed by atoms with Gasteiger partial charge in [-0.1, -0.05) is 47.8 Å². The lowest BCUT2D eigenvalue weighted by molar-refractivity contribution is 0.535. The summed E-state index contributed by atoms with van der Waals surface area (Å²) in [6, 6.07) is 0. The summed E-state index contributed by atoms with van der Waals surface area (Å²) < 4.78 is 0.625. The van der Waals surface area contributed by atoms with Crippen LogP contribution >= 0.6 is 21.6 Å². The number of hydrogen-bond acceptors (Lipinski definition) is 2. The molecule has 0 aromatic heterocycles. The van der Waals surface area contributed by atoms with Crippen LogP contribution in [0.1, 0.15) is 46.0 Å². The molecule has 0 aliphatic carbocycles. The Balaban J connectivity index is 2.13. The standard InChI is InChI=1S/C9H18S2/c1-3-4-5-6-9(2)7-8-10-11-9/h3-8H2,1-2H3/t9-/m1/s1. The van der Waals surface area contributed by atoms with E-state index in [2.05, 4.69) is 35.4 Å². The molecular weight excluding hydrogens is 172 g/mol. The summed E-state index contributed by atoms with van der Waals surface area (Å²) in [6.45, 7) is 4.70. The highest BCUT2D eigenvalue weighted by Gasteiger charge is 2.29. The maximum atomic E-state index is 2.42. The van der Waals surface area contributed by atoms with Crippen LogP contribution in [-0.4, -0.2) is 10.5 Å². The van der Waals surface area contributed by atoms with E-state index in [9.17, 15) is 0 Å². The first-order valence-electron chi connectivity index (χ1n) is 4.57.